The zero-order valence-electron chi connectivity index (χ0n) is 11.1. The second-order valence-electron chi connectivity index (χ2n) is 5.03. The maximum absolute atomic E-state index is 10.6. The summed E-state index contributed by atoms with van der Waals surface area (Å²) < 4.78 is 0. The molecule has 0 heterocycles. The first-order valence-corrected chi connectivity index (χ1v) is 6.96. The molecule has 1 atom stereocenters. The van der Waals surface area contributed by atoms with Crippen LogP contribution in [0.4, 0.5) is 0 Å². The van der Waals surface area contributed by atoms with Crippen LogP contribution in [0.3, 0.4) is 0 Å². The van der Waals surface area contributed by atoms with Gasteiger partial charge in [-0.3, -0.25) is 4.79 Å². The van der Waals surface area contributed by atoms with Gasteiger partial charge < -0.3 is 10.4 Å². The Bertz CT molecular complexity index is 439. The highest BCUT2D eigenvalue weighted by molar-refractivity contribution is 5.66. The smallest absolute Gasteiger partial charge is 0.304 e. The number of nitrogens with one attached hydrogen (secondary N) is 1. The third-order valence-corrected chi connectivity index (χ3v) is 3.54. The average Bonchev–Trinajstić information content (AvgIpc) is 2.41. The van der Waals surface area contributed by atoms with Gasteiger partial charge in [-0.05, 0) is 24.8 Å². The molecule has 2 rings (SSSR count). The van der Waals surface area contributed by atoms with Crippen molar-refractivity contribution in [1.29, 1.82) is 0 Å². The summed E-state index contributed by atoms with van der Waals surface area (Å²) in [6.45, 7) is 0.548. The molecule has 1 fully saturated rings. The molecule has 3 heteroatoms. The van der Waals surface area contributed by atoms with Gasteiger partial charge in [0.25, 0.3) is 0 Å². The number of aliphatic carboxylic acids is 1. The van der Waals surface area contributed by atoms with Crippen LogP contribution in [0, 0.1) is 0 Å². The van der Waals surface area contributed by atoms with E-state index in [1.807, 2.05) is 18.2 Å². The predicted octanol–water partition coefficient (Wildman–Crippen LogP) is 3.08. The van der Waals surface area contributed by atoms with Crippen LogP contribution in [0.15, 0.2) is 35.9 Å². The van der Waals surface area contributed by atoms with Crippen LogP contribution < -0.4 is 5.32 Å². The minimum Gasteiger partial charge on any atom is -0.481 e. The second kappa shape index (κ2) is 7.10. The van der Waals surface area contributed by atoms with Gasteiger partial charge >= 0.3 is 5.97 Å². The molecule has 2 N–H and O–H groups in total. The van der Waals surface area contributed by atoms with E-state index in [2.05, 4.69) is 23.5 Å². The average molecular weight is 259 g/mol. The highest BCUT2D eigenvalue weighted by Gasteiger charge is 2.18. The number of carboxylic acid groups (broad SMARTS) is 1. The highest BCUT2D eigenvalue weighted by atomic mass is 16.4. The van der Waals surface area contributed by atoms with Crippen molar-refractivity contribution in [3.8, 4) is 0 Å². The first-order chi connectivity index (χ1) is 9.25. The number of hydrogen-bond acceptors (Lipinski definition) is 2. The van der Waals surface area contributed by atoms with Crippen molar-refractivity contribution in [2.75, 3.05) is 6.54 Å². The van der Waals surface area contributed by atoms with E-state index < -0.39 is 5.97 Å². The van der Waals surface area contributed by atoms with Gasteiger partial charge in [-0.25, -0.2) is 0 Å². The number of benzene rings is 1. The zero-order valence-corrected chi connectivity index (χ0v) is 11.1. The molecule has 0 saturated heterocycles. The number of carboxylic acids is 1. The van der Waals surface area contributed by atoms with E-state index in [0.29, 0.717) is 12.6 Å². The molecule has 0 spiro atoms. The summed E-state index contributed by atoms with van der Waals surface area (Å²) in [6.07, 6.45) is 7.11. The van der Waals surface area contributed by atoms with Crippen LogP contribution in [0.5, 0.6) is 0 Å². The molecule has 102 valence electrons. The number of hydrogen-bond donors (Lipinski definition) is 2. The molecule has 3 nitrogen and oxygen atoms in total. The van der Waals surface area contributed by atoms with Gasteiger partial charge in [-0.15, -0.1) is 0 Å². The SMILES string of the molecule is O=C(O)CCN[C@H]1CCCC/C1=C\c1ccccc1. The first-order valence-electron chi connectivity index (χ1n) is 6.96. The van der Waals surface area contributed by atoms with E-state index in [1.54, 1.807) is 0 Å². The highest BCUT2D eigenvalue weighted by Crippen LogP contribution is 2.25. The van der Waals surface area contributed by atoms with Crippen LogP contribution in [0.2, 0.25) is 0 Å². The Hall–Kier alpha value is -1.61. The van der Waals surface area contributed by atoms with E-state index in [4.69, 9.17) is 5.11 Å². The Morgan fingerprint density at radius 1 is 1.32 bits per heavy atom. The second-order valence-corrected chi connectivity index (χ2v) is 5.03. The number of carbonyl (C=O) groups is 1. The normalized spacial score (nSPS) is 21.5. The molecule has 0 bridgehead atoms. The first kappa shape index (κ1) is 13.8. The van der Waals surface area contributed by atoms with Gasteiger partial charge in [0.1, 0.15) is 0 Å². The molecular formula is C16H21NO2. The zero-order chi connectivity index (χ0) is 13.5. The fourth-order valence-electron chi connectivity index (χ4n) is 2.56. The lowest BCUT2D eigenvalue weighted by molar-refractivity contribution is -0.136. The fourth-order valence-corrected chi connectivity index (χ4v) is 2.56. The fraction of sp³-hybridized carbons (Fsp3) is 0.438. The minimum atomic E-state index is -0.739. The van der Waals surface area contributed by atoms with Gasteiger partial charge in [0.2, 0.25) is 0 Å². The molecule has 1 saturated carbocycles. The van der Waals surface area contributed by atoms with Crippen LogP contribution in [-0.2, 0) is 4.79 Å². The van der Waals surface area contributed by atoms with E-state index >= 15 is 0 Å². The van der Waals surface area contributed by atoms with Gasteiger partial charge in [-0.1, -0.05) is 48.4 Å². The quantitative estimate of drug-likeness (QED) is 0.854. The van der Waals surface area contributed by atoms with E-state index in [9.17, 15) is 4.79 Å². The lowest BCUT2D eigenvalue weighted by atomic mass is 9.88. The largest absolute Gasteiger partial charge is 0.481 e. The summed E-state index contributed by atoms with van der Waals surface area (Å²) in [5, 5.41) is 12.1. The molecule has 1 aromatic rings. The van der Waals surface area contributed by atoms with Gasteiger partial charge in [0.05, 0.1) is 6.42 Å². The summed E-state index contributed by atoms with van der Waals surface area (Å²) in [5.74, 6) is -0.739. The van der Waals surface area contributed by atoms with Gasteiger partial charge in [-0.2, -0.15) is 0 Å². The summed E-state index contributed by atoms with van der Waals surface area (Å²) >= 11 is 0. The van der Waals surface area contributed by atoms with E-state index in [-0.39, 0.29) is 6.42 Å². The Labute approximate surface area is 114 Å². The standard InChI is InChI=1S/C16H21NO2/c18-16(19)10-11-17-15-9-5-4-8-14(15)12-13-6-2-1-3-7-13/h1-3,6-7,12,15,17H,4-5,8-11H2,(H,18,19)/b14-12+/t15-/m0/s1. The predicted molar refractivity (Wildman–Crippen MR) is 76.9 cm³/mol. The van der Waals surface area contributed by atoms with Crippen molar-refractivity contribution >= 4 is 12.0 Å². The van der Waals surface area contributed by atoms with Crippen molar-refractivity contribution in [2.45, 2.75) is 38.1 Å². The third kappa shape index (κ3) is 4.52. The molecule has 0 amide bonds. The Balaban J connectivity index is 1.99. The molecule has 0 unspecified atom stereocenters. The number of rotatable bonds is 5. The van der Waals surface area contributed by atoms with Crippen molar-refractivity contribution in [3.05, 3.63) is 41.5 Å². The lowest BCUT2D eigenvalue weighted by Crippen LogP contribution is -2.34. The minimum absolute atomic E-state index is 0.190. The van der Waals surface area contributed by atoms with Crippen LogP contribution in [0.25, 0.3) is 6.08 Å². The molecule has 0 aliphatic heterocycles. The maximum Gasteiger partial charge on any atom is 0.304 e. The lowest BCUT2D eigenvalue weighted by Gasteiger charge is -2.26. The Kier molecular flexibility index (Phi) is 5.16. The van der Waals surface area contributed by atoms with Crippen LogP contribution in [-0.4, -0.2) is 23.7 Å². The molecule has 1 aromatic carbocycles. The summed E-state index contributed by atoms with van der Waals surface area (Å²) in [6, 6.07) is 10.7. The topological polar surface area (TPSA) is 49.3 Å². The Morgan fingerprint density at radius 2 is 2.11 bits per heavy atom. The van der Waals surface area contributed by atoms with Gasteiger partial charge in [0, 0.05) is 12.6 Å². The van der Waals surface area contributed by atoms with Crippen molar-refractivity contribution < 1.29 is 9.90 Å². The monoisotopic (exact) mass is 259 g/mol. The van der Waals surface area contributed by atoms with Crippen LogP contribution in [0.1, 0.15) is 37.7 Å². The third-order valence-electron chi connectivity index (χ3n) is 3.54. The summed E-state index contributed by atoms with van der Waals surface area (Å²) in [5.41, 5.74) is 2.63. The van der Waals surface area contributed by atoms with Crippen molar-refractivity contribution in [1.82, 2.24) is 5.32 Å². The van der Waals surface area contributed by atoms with E-state index in [0.717, 1.165) is 12.8 Å². The molecule has 0 radical (unpaired) electrons. The van der Waals surface area contributed by atoms with Gasteiger partial charge in [0.15, 0.2) is 0 Å². The molecular weight excluding hydrogens is 238 g/mol. The Morgan fingerprint density at radius 3 is 2.84 bits per heavy atom. The summed E-state index contributed by atoms with van der Waals surface area (Å²) in [4.78, 5) is 10.6. The summed E-state index contributed by atoms with van der Waals surface area (Å²) in [7, 11) is 0. The van der Waals surface area contributed by atoms with E-state index in [1.165, 1.54) is 24.0 Å². The molecule has 0 aromatic heterocycles. The van der Waals surface area contributed by atoms with Crippen molar-refractivity contribution in [3.63, 3.8) is 0 Å². The molecule has 1 aliphatic carbocycles. The maximum atomic E-state index is 10.6. The molecule has 19 heavy (non-hydrogen) atoms. The van der Waals surface area contributed by atoms with Crippen LogP contribution >= 0.6 is 0 Å². The molecule has 1 aliphatic rings. The van der Waals surface area contributed by atoms with Crippen molar-refractivity contribution in [2.24, 2.45) is 0 Å².